The predicted octanol–water partition coefficient (Wildman–Crippen LogP) is 4.31. The van der Waals surface area contributed by atoms with E-state index in [-0.39, 0.29) is 18.5 Å². The van der Waals surface area contributed by atoms with Gasteiger partial charge in [-0.25, -0.2) is 0 Å². The van der Waals surface area contributed by atoms with Gasteiger partial charge in [0.1, 0.15) is 12.3 Å². The van der Waals surface area contributed by atoms with E-state index >= 15 is 0 Å². The Bertz CT molecular complexity index is 1030. The minimum absolute atomic E-state index is 0.0487. The Labute approximate surface area is 176 Å². The number of benzene rings is 1. The van der Waals surface area contributed by atoms with Crippen molar-refractivity contribution in [3.63, 3.8) is 0 Å². The molecule has 1 aliphatic rings. The summed E-state index contributed by atoms with van der Waals surface area (Å²) in [5.74, 6) is 2.41. The van der Waals surface area contributed by atoms with Gasteiger partial charge in [0.05, 0.1) is 18.7 Å². The van der Waals surface area contributed by atoms with Crippen molar-refractivity contribution in [2.24, 2.45) is 0 Å². The molecule has 0 aliphatic heterocycles. The molecule has 0 bridgehead atoms. The molecule has 1 aliphatic carbocycles. The molecule has 2 aromatic heterocycles. The molecule has 30 heavy (non-hydrogen) atoms. The zero-order valence-electron chi connectivity index (χ0n) is 17.9. The Kier molecular flexibility index (Phi) is 5.61. The Morgan fingerprint density at radius 1 is 1.27 bits per heavy atom. The Morgan fingerprint density at radius 3 is 2.63 bits per heavy atom. The van der Waals surface area contributed by atoms with E-state index in [1.807, 2.05) is 55.7 Å². The third-order valence-electron chi connectivity index (χ3n) is 5.99. The topological polar surface area (TPSA) is 82.2 Å². The molecule has 2 heterocycles. The van der Waals surface area contributed by atoms with Gasteiger partial charge in [-0.3, -0.25) is 4.79 Å². The van der Waals surface area contributed by atoms with E-state index in [4.69, 9.17) is 9.15 Å². The molecular weight excluding hydrogens is 380 g/mol. The van der Waals surface area contributed by atoms with Gasteiger partial charge >= 0.3 is 0 Å². The van der Waals surface area contributed by atoms with E-state index in [9.17, 15) is 4.79 Å². The van der Waals surface area contributed by atoms with Crippen molar-refractivity contribution in [2.45, 2.75) is 58.5 Å². The Hall–Kier alpha value is -3.09. The summed E-state index contributed by atoms with van der Waals surface area (Å²) in [6.45, 7) is 6.18. The SMILES string of the molecule is COc1ccc(C(C)NC(=O)Cn2c(C)cc(-c3nnc(C4CCC4)o3)c2C)cc1. The number of methoxy groups -OCH3 is 1. The molecule has 7 heteroatoms. The summed E-state index contributed by atoms with van der Waals surface area (Å²) in [4.78, 5) is 12.7. The molecule has 158 valence electrons. The second-order valence-electron chi connectivity index (χ2n) is 8.01. The van der Waals surface area contributed by atoms with Crippen molar-refractivity contribution in [3.05, 3.63) is 53.2 Å². The van der Waals surface area contributed by atoms with Gasteiger partial charge in [-0.2, -0.15) is 0 Å². The maximum Gasteiger partial charge on any atom is 0.249 e. The van der Waals surface area contributed by atoms with Crippen LogP contribution in [0.5, 0.6) is 5.75 Å². The molecule has 4 rings (SSSR count). The van der Waals surface area contributed by atoms with Crippen LogP contribution in [0.4, 0.5) is 0 Å². The number of ether oxygens (including phenoxy) is 1. The number of carbonyl (C=O) groups is 1. The number of amides is 1. The minimum atomic E-state index is -0.0972. The van der Waals surface area contributed by atoms with Crippen LogP contribution in [0.1, 0.15) is 61.0 Å². The second kappa shape index (κ2) is 8.34. The number of hydrogen-bond acceptors (Lipinski definition) is 5. The summed E-state index contributed by atoms with van der Waals surface area (Å²) in [5.41, 5.74) is 3.85. The molecule has 1 aromatic carbocycles. The van der Waals surface area contributed by atoms with E-state index < -0.39 is 0 Å². The van der Waals surface area contributed by atoms with E-state index in [1.165, 1.54) is 6.42 Å². The molecule has 1 N–H and O–H groups in total. The van der Waals surface area contributed by atoms with Crippen LogP contribution in [0.15, 0.2) is 34.7 Å². The van der Waals surface area contributed by atoms with Crippen LogP contribution in [0.25, 0.3) is 11.5 Å². The molecule has 0 saturated heterocycles. The molecule has 0 spiro atoms. The number of aromatic nitrogens is 3. The van der Waals surface area contributed by atoms with Gasteiger partial charge in [-0.05, 0) is 57.4 Å². The lowest BCUT2D eigenvalue weighted by molar-refractivity contribution is -0.122. The maximum absolute atomic E-state index is 12.7. The van der Waals surface area contributed by atoms with Gasteiger partial charge in [0.15, 0.2) is 0 Å². The van der Waals surface area contributed by atoms with Crippen LogP contribution in [-0.2, 0) is 11.3 Å². The first kappa shape index (κ1) is 20.2. The van der Waals surface area contributed by atoms with Crippen LogP contribution < -0.4 is 10.1 Å². The summed E-state index contributed by atoms with van der Waals surface area (Å²) < 4.78 is 13.1. The van der Waals surface area contributed by atoms with Crippen LogP contribution in [0.2, 0.25) is 0 Å². The standard InChI is InChI=1S/C23H28N4O3/c1-14-12-20(23-26-25-22(30-23)18-6-5-7-18)16(3)27(14)13-21(28)24-15(2)17-8-10-19(29-4)11-9-17/h8-12,15,18H,5-7,13H2,1-4H3,(H,24,28). The summed E-state index contributed by atoms with van der Waals surface area (Å²) in [7, 11) is 1.64. The molecule has 1 atom stereocenters. The lowest BCUT2D eigenvalue weighted by Crippen LogP contribution is -2.30. The molecule has 1 amide bonds. The average Bonchev–Trinajstić information content (AvgIpc) is 3.27. The average molecular weight is 409 g/mol. The van der Waals surface area contributed by atoms with Gasteiger partial charge in [-0.15, -0.1) is 10.2 Å². The number of hydrogen-bond donors (Lipinski definition) is 1. The fourth-order valence-corrected chi connectivity index (χ4v) is 3.83. The molecule has 3 aromatic rings. The third-order valence-corrected chi connectivity index (χ3v) is 5.99. The normalized spacial score (nSPS) is 14.9. The fourth-order valence-electron chi connectivity index (χ4n) is 3.83. The first-order valence-electron chi connectivity index (χ1n) is 10.4. The summed E-state index contributed by atoms with van der Waals surface area (Å²) >= 11 is 0. The lowest BCUT2D eigenvalue weighted by Gasteiger charge is -2.20. The van der Waals surface area contributed by atoms with Crippen molar-refractivity contribution in [1.82, 2.24) is 20.1 Å². The first-order chi connectivity index (χ1) is 14.5. The Balaban J connectivity index is 1.45. The minimum Gasteiger partial charge on any atom is -0.497 e. The zero-order valence-corrected chi connectivity index (χ0v) is 17.9. The highest BCUT2D eigenvalue weighted by Gasteiger charge is 2.26. The first-order valence-corrected chi connectivity index (χ1v) is 10.4. The number of nitrogens with one attached hydrogen (secondary N) is 1. The zero-order chi connectivity index (χ0) is 21.3. The van der Waals surface area contributed by atoms with Crippen molar-refractivity contribution in [1.29, 1.82) is 0 Å². The van der Waals surface area contributed by atoms with E-state index in [2.05, 4.69) is 15.5 Å². The van der Waals surface area contributed by atoms with Gasteiger partial charge in [-0.1, -0.05) is 18.6 Å². The van der Waals surface area contributed by atoms with Crippen molar-refractivity contribution in [3.8, 4) is 17.2 Å². The van der Waals surface area contributed by atoms with Gasteiger partial charge < -0.3 is 19.0 Å². The van der Waals surface area contributed by atoms with Crippen molar-refractivity contribution < 1.29 is 13.9 Å². The highest BCUT2D eigenvalue weighted by molar-refractivity contribution is 5.77. The number of rotatable bonds is 7. The smallest absolute Gasteiger partial charge is 0.249 e. The number of nitrogens with zero attached hydrogens (tertiary/aromatic N) is 3. The highest BCUT2D eigenvalue weighted by Crippen LogP contribution is 2.37. The molecule has 7 nitrogen and oxygen atoms in total. The molecule has 1 unspecified atom stereocenters. The van der Waals surface area contributed by atoms with E-state index in [1.54, 1.807) is 7.11 Å². The van der Waals surface area contributed by atoms with E-state index in [0.717, 1.165) is 47.0 Å². The van der Waals surface area contributed by atoms with Crippen molar-refractivity contribution >= 4 is 5.91 Å². The predicted molar refractivity (Wildman–Crippen MR) is 113 cm³/mol. The van der Waals surface area contributed by atoms with Crippen molar-refractivity contribution in [2.75, 3.05) is 7.11 Å². The Morgan fingerprint density at radius 2 is 2.00 bits per heavy atom. The summed E-state index contributed by atoms with van der Waals surface area (Å²) in [6, 6.07) is 9.62. The van der Waals surface area contributed by atoms with Gasteiger partial charge in [0.2, 0.25) is 17.7 Å². The molecular formula is C23H28N4O3. The quantitative estimate of drug-likeness (QED) is 0.630. The molecule has 1 fully saturated rings. The summed E-state index contributed by atoms with van der Waals surface area (Å²) in [5, 5.41) is 11.5. The highest BCUT2D eigenvalue weighted by atomic mass is 16.5. The van der Waals surface area contributed by atoms with E-state index in [0.29, 0.717) is 11.8 Å². The monoisotopic (exact) mass is 408 g/mol. The largest absolute Gasteiger partial charge is 0.497 e. The van der Waals surface area contributed by atoms with Crippen LogP contribution in [-0.4, -0.2) is 27.8 Å². The van der Waals surface area contributed by atoms with Crippen LogP contribution >= 0.6 is 0 Å². The van der Waals surface area contributed by atoms with Gasteiger partial charge in [0.25, 0.3) is 0 Å². The molecule has 0 radical (unpaired) electrons. The number of aryl methyl sites for hydroxylation is 1. The lowest BCUT2D eigenvalue weighted by atomic mass is 9.85. The van der Waals surface area contributed by atoms with Gasteiger partial charge in [0, 0.05) is 17.3 Å². The molecule has 1 saturated carbocycles. The summed E-state index contributed by atoms with van der Waals surface area (Å²) in [6.07, 6.45) is 3.46. The second-order valence-corrected chi connectivity index (χ2v) is 8.01. The maximum atomic E-state index is 12.7. The van der Waals surface area contributed by atoms with Crippen LogP contribution in [0.3, 0.4) is 0 Å². The fraction of sp³-hybridized carbons (Fsp3) is 0.435. The van der Waals surface area contributed by atoms with Crippen LogP contribution in [0, 0.1) is 13.8 Å². The third kappa shape index (κ3) is 3.97. The number of carbonyl (C=O) groups excluding carboxylic acids is 1.